The molecule has 0 aliphatic carbocycles. The van der Waals surface area contributed by atoms with Gasteiger partial charge in [0, 0.05) is 17.5 Å². The first kappa shape index (κ1) is 19.5. The summed E-state index contributed by atoms with van der Waals surface area (Å²) in [5, 5.41) is 4.26. The Morgan fingerprint density at radius 3 is 2.56 bits per heavy atom. The number of benzene rings is 2. The summed E-state index contributed by atoms with van der Waals surface area (Å²) in [6.07, 6.45) is 0.703. The van der Waals surface area contributed by atoms with Crippen molar-refractivity contribution >= 4 is 57.4 Å². The van der Waals surface area contributed by atoms with E-state index in [0.717, 1.165) is 10.9 Å². The standard InChI is InChI=1S/C19H14Cl3NO4/c1-2-10-5-19(25)27-17-6-11(3-4-12(10)17)26-9-18(24)23-16-8-14(21)13(20)7-15(16)22/h3-8H,2,9H2,1H3,(H,23,24). The van der Waals surface area contributed by atoms with Crippen molar-refractivity contribution in [1.82, 2.24) is 0 Å². The van der Waals surface area contributed by atoms with Gasteiger partial charge in [0.25, 0.3) is 5.91 Å². The average Bonchev–Trinajstić information content (AvgIpc) is 2.63. The van der Waals surface area contributed by atoms with E-state index in [2.05, 4.69) is 5.32 Å². The topological polar surface area (TPSA) is 68.5 Å². The van der Waals surface area contributed by atoms with Gasteiger partial charge in [-0.2, -0.15) is 0 Å². The van der Waals surface area contributed by atoms with E-state index in [1.807, 2.05) is 6.92 Å². The number of halogens is 3. The van der Waals surface area contributed by atoms with Crippen molar-refractivity contribution in [2.24, 2.45) is 0 Å². The summed E-state index contributed by atoms with van der Waals surface area (Å²) >= 11 is 17.8. The summed E-state index contributed by atoms with van der Waals surface area (Å²) in [5.74, 6) is -0.0339. The first-order valence-corrected chi connectivity index (χ1v) is 9.14. The molecular formula is C19H14Cl3NO4. The summed E-state index contributed by atoms with van der Waals surface area (Å²) in [6, 6.07) is 9.45. The Labute approximate surface area is 169 Å². The fraction of sp³-hybridized carbons (Fsp3) is 0.158. The first-order valence-electron chi connectivity index (χ1n) is 8.01. The van der Waals surface area contributed by atoms with E-state index >= 15 is 0 Å². The zero-order valence-electron chi connectivity index (χ0n) is 14.1. The van der Waals surface area contributed by atoms with Gasteiger partial charge >= 0.3 is 5.63 Å². The van der Waals surface area contributed by atoms with Gasteiger partial charge in [-0.3, -0.25) is 4.79 Å². The molecule has 1 heterocycles. The third-order valence-electron chi connectivity index (χ3n) is 3.84. The highest BCUT2D eigenvalue weighted by Crippen LogP contribution is 2.32. The lowest BCUT2D eigenvalue weighted by atomic mass is 10.1. The minimum absolute atomic E-state index is 0.261. The summed E-state index contributed by atoms with van der Waals surface area (Å²) in [4.78, 5) is 23.7. The number of anilines is 1. The van der Waals surface area contributed by atoms with Crippen LogP contribution in [0.3, 0.4) is 0 Å². The van der Waals surface area contributed by atoms with Crippen molar-refractivity contribution in [3.8, 4) is 5.75 Å². The maximum absolute atomic E-state index is 12.1. The molecule has 8 heteroatoms. The zero-order valence-corrected chi connectivity index (χ0v) is 16.4. The molecule has 5 nitrogen and oxygen atoms in total. The number of carbonyl (C=O) groups excluding carboxylic acids is 1. The van der Waals surface area contributed by atoms with Crippen molar-refractivity contribution in [1.29, 1.82) is 0 Å². The first-order chi connectivity index (χ1) is 12.9. The maximum Gasteiger partial charge on any atom is 0.336 e. The Morgan fingerprint density at radius 2 is 1.81 bits per heavy atom. The van der Waals surface area contributed by atoms with E-state index < -0.39 is 11.5 Å². The highest BCUT2D eigenvalue weighted by atomic mass is 35.5. The van der Waals surface area contributed by atoms with Gasteiger partial charge in [0.1, 0.15) is 11.3 Å². The lowest BCUT2D eigenvalue weighted by Crippen LogP contribution is -2.20. The molecule has 140 valence electrons. The Kier molecular flexibility index (Phi) is 5.95. The Balaban J connectivity index is 1.72. The lowest BCUT2D eigenvalue weighted by molar-refractivity contribution is -0.118. The molecule has 3 aromatic rings. The van der Waals surface area contributed by atoms with Crippen LogP contribution in [0, 0.1) is 0 Å². The predicted octanol–water partition coefficient (Wildman–Crippen LogP) is 5.33. The molecule has 0 bridgehead atoms. The second-order valence-corrected chi connectivity index (χ2v) is 6.91. The van der Waals surface area contributed by atoms with E-state index in [1.165, 1.54) is 18.2 Å². The Bertz CT molecular complexity index is 1080. The third kappa shape index (κ3) is 4.56. The molecule has 0 fully saturated rings. The number of rotatable bonds is 5. The van der Waals surface area contributed by atoms with Gasteiger partial charge in [-0.1, -0.05) is 41.7 Å². The smallest absolute Gasteiger partial charge is 0.336 e. The van der Waals surface area contributed by atoms with E-state index in [4.69, 9.17) is 44.0 Å². The lowest BCUT2D eigenvalue weighted by Gasteiger charge is -2.10. The monoisotopic (exact) mass is 425 g/mol. The molecule has 2 aromatic carbocycles. The molecular weight excluding hydrogens is 413 g/mol. The predicted molar refractivity (Wildman–Crippen MR) is 107 cm³/mol. The number of amides is 1. The SMILES string of the molecule is CCc1cc(=O)oc2cc(OCC(=O)Nc3cc(Cl)c(Cl)cc3Cl)ccc12. The molecule has 0 saturated heterocycles. The molecule has 1 amide bonds. The molecule has 3 rings (SSSR count). The summed E-state index contributed by atoms with van der Waals surface area (Å²) < 4.78 is 10.7. The minimum Gasteiger partial charge on any atom is -0.484 e. The van der Waals surface area contributed by atoms with Crippen LogP contribution in [0.15, 0.2) is 45.6 Å². The van der Waals surface area contributed by atoms with Crippen molar-refractivity contribution in [2.45, 2.75) is 13.3 Å². The molecule has 0 radical (unpaired) electrons. The number of aryl methyl sites for hydroxylation is 1. The van der Waals surface area contributed by atoms with Gasteiger partial charge < -0.3 is 14.5 Å². The molecule has 1 aromatic heterocycles. The van der Waals surface area contributed by atoms with E-state index in [1.54, 1.807) is 18.2 Å². The van der Waals surface area contributed by atoms with Gasteiger partial charge in [-0.15, -0.1) is 0 Å². The third-order valence-corrected chi connectivity index (χ3v) is 4.87. The molecule has 0 spiro atoms. The molecule has 27 heavy (non-hydrogen) atoms. The Hall–Kier alpha value is -2.21. The molecule has 0 unspecified atom stereocenters. The zero-order chi connectivity index (χ0) is 19.6. The quantitative estimate of drug-likeness (QED) is 0.442. The molecule has 0 saturated carbocycles. The normalized spacial score (nSPS) is 10.8. The molecule has 1 N–H and O–H groups in total. The fourth-order valence-electron chi connectivity index (χ4n) is 2.55. The van der Waals surface area contributed by atoms with E-state index in [-0.39, 0.29) is 16.7 Å². The summed E-state index contributed by atoms with van der Waals surface area (Å²) in [5.41, 5.74) is 1.20. The number of ether oxygens (including phenoxy) is 1. The maximum atomic E-state index is 12.1. The van der Waals surface area contributed by atoms with Gasteiger partial charge in [-0.25, -0.2) is 4.79 Å². The van der Waals surface area contributed by atoms with Gasteiger partial charge in [-0.05, 0) is 36.2 Å². The summed E-state index contributed by atoms with van der Waals surface area (Å²) in [7, 11) is 0. The van der Waals surface area contributed by atoms with Crippen molar-refractivity contribution in [3.63, 3.8) is 0 Å². The average molecular weight is 427 g/mol. The van der Waals surface area contributed by atoms with Crippen LogP contribution >= 0.6 is 34.8 Å². The van der Waals surface area contributed by atoms with Crippen LogP contribution in [0.1, 0.15) is 12.5 Å². The van der Waals surface area contributed by atoms with Crippen molar-refractivity contribution < 1.29 is 13.9 Å². The van der Waals surface area contributed by atoms with Gasteiger partial charge in [0.15, 0.2) is 6.61 Å². The van der Waals surface area contributed by atoms with Gasteiger partial charge in [0.05, 0.1) is 20.8 Å². The second kappa shape index (κ2) is 8.21. The highest BCUT2D eigenvalue weighted by Gasteiger charge is 2.11. The van der Waals surface area contributed by atoms with Crippen LogP contribution in [0.4, 0.5) is 5.69 Å². The number of carbonyl (C=O) groups is 1. The number of hydrogen-bond donors (Lipinski definition) is 1. The van der Waals surface area contributed by atoms with Crippen LogP contribution < -0.4 is 15.7 Å². The van der Waals surface area contributed by atoms with Crippen molar-refractivity contribution in [3.05, 3.63) is 67.4 Å². The Morgan fingerprint density at radius 1 is 1.07 bits per heavy atom. The van der Waals surface area contributed by atoms with Crippen molar-refractivity contribution in [2.75, 3.05) is 11.9 Å². The van der Waals surface area contributed by atoms with Gasteiger partial charge in [0.2, 0.25) is 0 Å². The van der Waals surface area contributed by atoms with Crippen LogP contribution in [-0.2, 0) is 11.2 Å². The largest absolute Gasteiger partial charge is 0.484 e. The highest BCUT2D eigenvalue weighted by molar-refractivity contribution is 6.44. The number of nitrogens with one attached hydrogen (secondary N) is 1. The van der Waals surface area contributed by atoms with Crippen LogP contribution in [-0.4, -0.2) is 12.5 Å². The van der Waals surface area contributed by atoms with E-state index in [0.29, 0.717) is 28.5 Å². The second-order valence-electron chi connectivity index (χ2n) is 5.69. The number of fused-ring (bicyclic) bond motifs is 1. The van der Waals surface area contributed by atoms with E-state index in [9.17, 15) is 9.59 Å². The molecule has 0 aliphatic rings. The summed E-state index contributed by atoms with van der Waals surface area (Å²) in [6.45, 7) is 1.69. The minimum atomic E-state index is -0.431. The molecule has 0 atom stereocenters. The molecule has 0 aliphatic heterocycles. The van der Waals surface area contributed by atoms with Crippen LogP contribution in [0.5, 0.6) is 5.75 Å². The van der Waals surface area contributed by atoms with Crippen LogP contribution in [0.2, 0.25) is 15.1 Å². The fourth-order valence-corrected chi connectivity index (χ4v) is 3.14. The number of hydrogen-bond acceptors (Lipinski definition) is 4. The van der Waals surface area contributed by atoms with Crippen LogP contribution in [0.25, 0.3) is 11.0 Å².